The number of nitrogens with zero attached hydrogens (tertiary/aromatic N) is 2. The molecule has 10 nitrogen and oxygen atoms in total. The molecular weight excluding hydrogens is 406 g/mol. The molecule has 31 heavy (non-hydrogen) atoms. The highest BCUT2D eigenvalue weighted by atomic mass is 16.6. The van der Waals surface area contributed by atoms with E-state index in [1.807, 2.05) is 6.07 Å². The van der Waals surface area contributed by atoms with Crippen LogP contribution in [-0.2, 0) is 0 Å². The molecule has 0 spiro atoms. The lowest BCUT2D eigenvalue weighted by molar-refractivity contribution is -0.384. The molecule has 0 fully saturated rings. The normalized spacial score (nSPS) is 10.1. The molecule has 2 aromatic carbocycles. The van der Waals surface area contributed by atoms with Gasteiger partial charge in [-0.15, -0.1) is 0 Å². The van der Waals surface area contributed by atoms with E-state index in [2.05, 4.69) is 5.32 Å². The van der Waals surface area contributed by atoms with Crippen molar-refractivity contribution in [3.05, 3.63) is 63.7 Å². The summed E-state index contributed by atoms with van der Waals surface area (Å²) < 4.78 is 21.3. The Labute approximate surface area is 176 Å². The molecule has 0 aliphatic rings. The summed E-state index contributed by atoms with van der Waals surface area (Å²) in [6.07, 6.45) is 0. The van der Waals surface area contributed by atoms with Crippen molar-refractivity contribution in [3.63, 3.8) is 0 Å². The van der Waals surface area contributed by atoms with Crippen molar-refractivity contribution in [2.24, 2.45) is 0 Å². The maximum Gasteiger partial charge on any atom is 0.270 e. The molecule has 1 amide bonds. The molecule has 0 radical (unpaired) electrons. The summed E-state index contributed by atoms with van der Waals surface area (Å²) >= 11 is 0. The van der Waals surface area contributed by atoms with Crippen molar-refractivity contribution in [1.29, 1.82) is 5.26 Å². The fourth-order valence-corrected chi connectivity index (χ4v) is 2.87. The Balaban J connectivity index is 1.95. The number of benzene rings is 2. The van der Waals surface area contributed by atoms with Crippen molar-refractivity contribution >= 4 is 17.5 Å². The zero-order valence-electron chi connectivity index (χ0n) is 16.8. The van der Waals surface area contributed by atoms with E-state index < -0.39 is 10.8 Å². The first kappa shape index (κ1) is 21.2. The molecule has 0 unspecified atom stereocenters. The van der Waals surface area contributed by atoms with E-state index >= 15 is 0 Å². The molecule has 1 N–H and O–H groups in total. The average Bonchev–Trinajstić information content (AvgIpc) is 3.20. The Morgan fingerprint density at radius 2 is 1.77 bits per heavy atom. The summed E-state index contributed by atoms with van der Waals surface area (Å²) in [5, 5.41) is 22.9. The molecule has 0 aliphatic heterocycles. The summed E-state index contributed by atoms with van der Waals surface area (Å²) in [6.45, 7) is 0. The second kappa shape index (κ2) is 8.87. The number of rotatable bonds is 7. The van der Waals surface area contributed by atoms with Gasteiger partial charge in [0, 0.05) is 29.3 Å². The minimum absolute atomic E-state index is 0.0577. The van der Waals surface area contributed by atoms with E-state index in [1.165, 1.54) is 57.7 Å². The van der Waals surface area contributed by atoms with E-state index in [4.69, 9.17) is 18.6 Å². The van der Waals surface area contributed by atoms with Gasteiger partial charge in [0.25, 0.3) is 11.6 Å². The molecule has 0 bridgehead atoms. The minimum Gasteiger partial charge on any atom is -0.493 e. The van der Waals surface area contributed by atoms with Crippen LogP contribution in [0.25, 0.3) is 11.3 Å². The van der Waals surface area contributed by atoms with Crippen LogP contribution in [0.15, 0.2) is 46.9 Å². The number of methoxy groups -OCH3 is 3. The fraction of sp³-hybridized carbons (Fsp3) is 0.143. The van der Waals surface area contributed by atoms with Gasteiger partial charge in [-0.05, 0) is 12.1 Å². The van der Waals surface area contributed by atoms with Gasteiger partial charge in [-0.25, -0.2) is 0 Å². The predicted octanol–water partition coefficient (Wildman–Crippen LogP) is 4.00. The quantitative estimate of drug-likeness (QED) is 0.445. The summed E-state index contributed by atoms with van der Waals surface area (Å²) in [5.74, 6) is 0.401. The molecule has 1 aromatic heterocycles. The third-order valence-electron chi connectivity index (χ3n) is 4.35. The highest BCUT2D eigenvalue weighted by Crippen LogP contribution is 2.38. The van der Waals surface area contributed by atoms with Crippen LogP contribution < -0.4 is 19.5 Å². The molecule has 10 heteroatoms. The Bertz CT molecular complexity index is 1170. The zero-order valence-corrected chi connectivity index (χ0v) is 16.8. The number of ether oxygens (including phenoxy) is 3. The maximum absolute atomic E-state index is 12.8. The lowest BCUT2D eigenvalue weighted by Crippen LogP contribution is -2.13. The van der Waals surface area contributed by atoms with Crippen LogP contribution in [0.4, 0.5) is 11.6 Å². The van der Waals surface area contributed by atoms with Gasteiger partial charge >= 0.3 is 0 Å². The molecule has 1 heterocycles. The summed E-state index contributed by atoms with van der Waals surface area (Å²) in [5.41, 5.74) is 0.489. The lowest BCUT2D eigenvalue weighted by Gasteiger charge is -2.13. The third-order valence-corrected chi connectivity index (χ3v) is 4.35. The third kappa shape index (κ3) is 4.25. The Hall–Kier alpha value is -4.52. The van der Waals surface area contributed by atoms with Crippen LogP contribution >= 0.6 is 0 Å². The van der Waals surface area contributed by atoms with Crippen molar-refractivity contribution in [1.82, 2.24) is 0 Å². The minimum atomic E-state index is -0.587. The van der Waals surface area contributed by atoms with Crippen LogP contribution in [-0.4, -0.2) is 32.2 Å². The lowest BCUT2D eigenvalue weighted by atomic mass is 10.1. The topological polar surface area (TPSA) is 137 Å². The van der Waals surface area contributed by atoms with Crippen LogP contribution in [0.2, 0.25) is 0 Å². The zero-order chi connectivity index (χ0) is 22.5. The van der Waals surface area contributed by atoms with Gasteiger partial charge in [0.05, 0.1) is 26.3 Å². The number of carbonyl (C=O) groups excluding carboxylic acids is 1. The molecule has 3 rings (SSSR count). The maximum atomic E-state index is 12.8. The Kier molecular flexibility index (Phi) is 6.07. The molecular formula is C21H17N3O7. The van der Waals surface area contributed by atoms with Crippen molar-refractivity contribution < 1.29 is 28.3 Å². The summed E-state index contributed by atoms with van der Waals surface area (Å²) in [4.78, 5) is 23.3. The van der Waals surface area contributed by atoms with Crippen molar-refractivity contribution in [2.45, 2.75) is 0 Å². The van der Waals surface area contributed by atoms with Crippen LogP contribution in [0.3, 0.4) is 0 Å². The van der Waals surface area contributed by atoms with Crippen LogP contribution in [0.1, 0.15) is 15.9 Å². The number of nitrogens with one attached hydrogen (secondary N) is 1. The SMILES string of the molecule is COc1cc(C(=O)Nc2oc(-c3cccc([N+](=O)[O-])c3)cc2C#N)cc(OC)c1OC. The number of nitro benzene ring substituents is 1. The number of anilines is 1. The molecule has 158 valence electrons. The van der Waals surface area contributed by atoms with Gasteiger partial charge < -0.3 is 18.6 Å². The number of nitriles is 1. The number of non-ortho nitro benzene ring substituents is 1. The van der Waals surface area contributed by atoms with Gasteiger partial charge in [0.15, 0.2) is 11.5 Å². The van der Waals surface area contributed by atoms with E-state index in [-0.39, 0.29) is 40.0 Å². The van der Waals surface area contributed by atoms with Crippen LogP contribution in [0.5, 0.6) is 17.2 Å². The van der Waals surface area contributed by atoms with Crippen molar-refractivity contribution in [3.8, 4) is 34.6 Å². The predicted molar refractivity (Wildman–Crippen MR) is 110 cm³/mol. The smallest absolute Gasteiger partial charge is 0.270 e. The monoisotopic (exact) mass is 423 g/mol. The Morgan fingerprint density at radius 3 is 2.32 bits per heavy atom. The number of hydrogen-bond donors (Lipinski definition) is 1. The van der Waals surface area contributed by atoms with E-state index in [0.717, 1.165) is 0 Å². The summed E-state index contributed by atoms with van der Waals surface area (Å²) in [6, 6.07) is 12.0. The number of nitro groups is 1. The number of carbonyl (C=O) groups is 1. The molecule has 0 aliphatic carbocycles. The number of furan rings is 1. The molecule has 3 aromatic rings. The highest BCUT2D eigenvalue weighted by molar-refractivity contribution is 6.05. The first-order chi connectivity index (χ1) is 14.9. The van der Waals surface area contributed by atoms with Crippen molar-refractivity contribution in [2.75, 3.05) is 26.6 Å². The Morgan fingerprint density at radius 1 is 1.10 bits per heavy atom. The van der Waals surface area contributed by atoms with Gasteiger partial charge in [-0.3, -0.25) is 20.2 Å². The average molecular weight is 423 g/mol. The second-order valence-corrected chi connectivity index (χ2v) is 6.14. The van der Waals surface area contributed by atoms with Gasteiger partial charge in [-0.2, -0.15) is 5.26 Å². The second-order valence-electron chi connectivity index (χ2n) is 6.14. The first-order valence-corrected chi connectivity index (χ1v) is 8.82. The highest BCUT2D eigenvalue weighted by Gasteiger charge is 2.20. The standard InChI is InChI=1S/C21H17N3O7/c1-28-17-8-13(9-18(29-2)19(17)30-3)20(25)23-21-14(11-22)10-16(31-21)12-5-4-6-15(7-12)24(26)27/h4-10H,1-3H3,(H,23,25). The molecule has 0 saturated heterocycles. The van der Waals surface area contributed by atoms with E-state index in [1.54, 1.807) is 6.07 Å². The molecule has 0 saturated carbocycles. The first-order valence-electron chi connectivity index (χ1n) is 8.82. The summed E-state index contributed by atoms with van der Waals surface area (Å²) in [7, 11) is 4.28. The van der Waals surface area contributed by atoms with Gasteiger partial charge in [-0.1, -0.05) is 12.1 Å². The van der Waals surface area contributed by atoms with Crippen LogP contribution in [0, 0.1) is 21.4 Å². The molecule has 0 atom stereocenters. The van der Waals surface area contributed by atoms with Gasteiger partial charge in [0.1, 0.15) is 17.4 Å². The number of amides is 1. The fourth-order valence-electron chi connectivity index (χ4n) is 2.87. The van der Waals surface area contributed by atoms with E-state index in [9.17, 15) is 20.2 Å². The largest absolute Gasteiger partial charge is 0.493 e. The van der Waals surface area contributed by atoms with E-state index in [0.29, 0.717) is 11.3 Å². The number of hydrogen-bond acceptors (Lipinski definition) is 8. The van der Waals surface area contributed by atoms with Gasteiger partial charge in [0.2, 0.25) is 11.6 Å².